The zero-order valence-electron chi connectivity index (χ0n) is 14.8. The topological polar surface area (TPSA) is 77.2 Å². The largest absolute Gasteiger partial charge is 0.630 e. The fourth-order valence-electron chi connectivity index (χ4n) is 2.31. The number of quaternary nitrogens is 1. The molecule has 0 aliphatic carbocycles. The molecule has 5 nitrogen and oxygen atoms in total. The van der Waals surface area contributed by atoms with E-state index in [9.17, 15) is 5.21 Å². The third-order valence-electron chi connectivity index (χ3n) is 3.79. The van der Waals surface area contributed by atoms with Gasteiger partial charge in [0.15, 0.2) is 0 Å². The number of ether oxygens (including phenoxy) is 1. The van der Waals surface area contributed by atoms with Gasteiger partial charge in [0.05, 0.1) is 13.2 Å². The Morgan fingerprint density at radius 3 is 1.95 bits per heavy atom. The van der Waals surface area contributed by atoms with Crippen LogP contribution in [0.5, 0.6) is 0 Å². The van der Waals surface area contributed by atoms with Crippen molar-refractivity contribution in [3.63, 3.8) is 0 Å². The lowest BCUT2D eigenvalue weighted by Gasteiger charge is -2.31. The van der Waals surface area contributed by atoms with Gasteiger partial charge in [-0.1, -0.05) is 58.8 Å². The first-order valence-corrected chi connectivity index (χ1v) is 8.90. The minimum Gasteiger partial charge on any atom is -0.630 e. The third kappa shape index (κ3) is 14.7. The van der Waals surface area contributed by atoms with Gasteiger partial charge in [0, 0.05) is 20.0 Å². The van der Waals surface area contributed by atoms with E-state index in [0.29, 0.717) is 13.0 Å². The molecule has 0 aliphatic heterocycles. The Kier molecular flexibility index (Phi) is 13.1. The first-order valence-electron chi connectivity index (χ1n) is 8.90. The quantitative estimate of drug-likeness (QED) is 0.246. The Morgan fingerprint density at radius 2 is 1.41 bits per heavy atom. The summed E-state index contributed by atoms with van der Waals surface area (Å²) in [6.45, 7) is 7.05. The molecule has 0 aromatic rings. The van der Waals surface area contributed by atoms with Crippen molar-refractivity contribution in [2.75, 3.05) is 19.8 Å². The van der Waals surface area contributed by atoms with Crippen LogP contribution in [-0.4, -0.2) is 35.9 Å². The van der Waals surface area contributed by atoms with Crippen LogP contribution in [-0.2, 0) is 4.74 Å². The third-order valence-corrected chi connectivity index (χ3v) is 3.79. The number of hydrogen-bond donors (Lipinski definition) is 3. The molecule has 0 amide bonds. The molecule has 22 heavy (non-hydrogen) atoms. The van der Waals surface area contributed by atoms with Crippen LogP contribution in [0.2, 0.25) is 0 Å². The van der Waals surface area contributed by atoms with E-state index in [1.165, 1.54) is 44.9 Å². The molecule has 0 aromatic heterocycles. The number of hydroxylamine groups is 2. The van der Waals surface area contributed by atoms with E-state index in [4.69, 9.17) is 14.9 Å². The van der Waals surface area contributed by atoms with Crippen LogP contribution >= 0.6 is 0 Å². The SMILES string of the molecule is CC(C)CCCCCCCCCOCCC[NH+]([O-])C(C)(O)O. The summed E-state index contributed by atoms with van der Waals surface area (Å²) >= 11 is 0. The van der Waals surface area contributed by atoms with Crippen LogP contribution in [0.25, 0.3) is 0 Å². The Balaban J connectivity index is 3.15. The molecule has 0 aromatic carbocycles. The Morgan fingerprint density at radius 1 is 0.909 bits per heavy atom. The Labute approximate surface area is 136 Å². The van der Waals surface area contributed by atoms with Crippen molar-refractivity contribution in [2.45, 2.75) is 84.5 Å². The van der Waals surface area contributed by atoms with Gasteiger partial charge in [0.25, 0.3) is 0 Å². The van der Waals surface area contributed by atoms with Crippen molar-refractivity contribution in [1.29, 1.82) is 0 Å². The predicted molar refractivity (Wildman–Crippen MR) is 89.2 cm³/mol. The number of rotatable bonds is 15. The van der Waals surface area contributed by atoms with Crippen LogP contribution in [0.1, 0.15) is 78.6 Å². The molecule has 5 heteroatoms. The summed E-state index contributed by atoms with van der Waals surface area (Å²) in [5.41, 5.74) is 0. The molecule has 3 N–H and O–H groups in total. The van der Waals surface area contributed by atoms with Crippen molar-refractivity contribution in [1.82, 2.24) is 0 Å². The fourth-order valence-corrected chi connectivity index (χ4v) is 2.31. The van der Waals surface area contributed by atoms with Crippen molar-refractivity contribution in [2.24, 2.45) is 5.92 Å². The first-order chi connectivity index (χ1) is 10.3. The molecule has 0 rings (SSSR count). The van der Waals surface area contributed by atoms with Gasteiger partial charge in [0.1, 0.15) is 0 Å². The van der Waals surface area contributed by atoms with E-state index in [1.807, 2.05) is 0 Å². The molecular formula is C17H37NO4. The molecule has 1 unspecified atom stereocenters. The summed E-state index contributed by atoms with van der Waals surface area (Å²) in [6.07, 6.45) is 10.8. The van der Waals surface area contributed by atoms with Gasteiger partial charge in [-0.05, 0) is 12.3 Å². The van der Waals surface area contributed by atoms with E-state index in [-0.39, 0.29) is 6.54 Å². The first kappa shape index (κ1) is 21.8. The summed E-state index contributed by atoms with van der Waals surface area (Å²) in [4.78, 5) is 0. The highest BCUT2D eigenvalue weighted by molar-refractivity contribution is 4.49. The molecule has 0 bridgehead atoms. The van der Waals surface area contributed by atoms with Crippen LogP contribution in [0.3, 0.4) is 0 Å². The highest BCUT2D eigenvalue weighted by Crippen LogP contribution is 2.11. The molecule has 134 valence electrons. The van der Waals surface area contributed by atoms with Crippen LogP contribution in [0.4, 0.5) is 0 Å². The van der Waals surface area contributed by atoms with Crippen LogP contribution in [0, 0.1) is 11.1 Å². The van der Waals surface area contributed by atoms with E-state index in [1.54, 1.807) is 0 Å². The van der Waals surface area contributed by atoms with E-state index in [0.717, 1.165) is 25.9 Å². The van der Waals surface area contributed by atoms with E-state index >= 15 is 0 Å². The Bertz CT molecular complexity index is 241. The van der Waals surface area contributed by atoms with Crippen LogP contribution < -0.4 is 5.06 Å². The molecule has 0 aliphatic rings. The summed E-state index contributed by atoms with van der Waals surface area (Å²) < 4.78 is 5.45. The lowest BCUT2D eigenvalue weighted by Crippen LogP contribution is -3.16. The fraction of sp³-hybridized carbons (Fsp3) is 1.00. The van der Waals surface area contributed by atoms with Gasteiger partial charge in [-0.3, -0.25) is 0 Å². The second kappa shape index (κ2) is 13.3. The molecule has 0 heterocycles. The van der Waals surface area contributed by atoms with Crippen molar-refractivity contribution < 1.29 is 20.0 Å². The monoisotopic (exact) mass is 319 g/mol. The highest BCUT2D eigenvalue weighted by Gasteiger charge is 2.22. The standard InChI is InChI=1S/C17H37NO4/c1-16(2)12-9-7-5-4-6-8-10-14-22-15-11-13-18(21)17(3,19)20/h16,18-20H,4-15H2,1-3H3. The second-order valence-electron chi connectivity index (χ2n) is 6.82. The van der Waals surface area contributed by atoms with E-state index < -0.39 is 11.0 Å². The minimum absolute atomic E-state index is 0.153. The number of hydrogen-bond acceptors (Lipinski definition) is 4. The average Bonchev–Trinajstić information content (AvgIpc) is 2.42. The zero-order valence-corrected chi connectivity index (χ0v) is 14.8. The lowest BCUT2D eigenvalue weighted by atomic mass is 10.0. The molecule has 0 saturated heterocycles. The van der Waals surface area contributed by atoms with Gasteiger partial charge in [-0.25, -0.2) is 0 Å². The molecule has 1 atom stereocenters. The molecule has 0 spiro atoms. The summed E-state index contributed by atoms with van der Waals surface area (Å²) in [5.74, 6) is -1.37. The molecule has 0 fully saturated rings. The number of aliphatic hydroxyl groups is 2. The normalized spacial score (nSPS) is 13.8. The van der Waals surface area contributed by atoms with Gasteiger partial charge in [-0.2, -0.15) is 0 Å². The maximum Gasteiger partial charge on any atom is 0.309 e. The van der Waals surface area contributed by atoms with Crippen molar-refractivity contribution >= 4 is 0 Å². The molecule has 0 saturated carbocycles. The maximum atomic E-state index is 11.2. The minimum atomic E-state index is -2.20. The summed E-state index contributed by atoms with van der Waals surface area (Å²) in [5, 5.41) is 28.8. The second-order valence-corrected chi connectivity index (χ2v) is 6.82. The Hall–Kier alpha value is -0.200. The smallest absolute Gasteiger partial charge is 0.309 e. The van der Waals surface area contributed by atoms with Gasteiger partial charge >= 0.3 is 5.91 Å². The average molecular weight is 319 g/mol. The molecular weight excluding hydrogens is 282 g/mol. The highest BCUT2D eigenvalue weighted by atomic mass is 16.6. The van der Waals surface area contributed by atoms with Crippen molar-refractivity contribution in [3.05, 3.63) is 5.21 Å². The van der Waals surface area contributed by atoms with Crippen molar-refractivity contribution in [3.8, 4) is 0 Å². The molecule has 0 radical (unpaired) electrons. The van der Waals surface area contributed by atoms with Crippen LogP contribution in [0.15, 0.2) is 0 Å². The summed E-state index contributed by atoms with van der Waals surface area (Å²) in [7, 11) is 0. The lowest BCUT2D eigenvalue weighted by molar-refractivity contribution is -0.962. The number of nitrogens with one attached hydrogen (secondary N) is 1. The predicted octanol–water partition coefficient (Wildman–Crippen LogP) is 2.21. The van der Waals surface area contributed by atoms with E-state index in [2.05, 4.69) is 13.8 Å². The van der Waals surface area contributed by atoms with Gasteiger partial charge < -0.3 is 25.2 Å². The van der Waals surface area contributed by atoms with Gasteiger partial charge in [-0.15, -0.1) is 0 Å². The number of unbranched alkanes of at least 4 members (excludes halogenated alkanes) is 6. The zero-order chi connectivity index (χ0) is 16.8. The summed E-state index contributed by atoms with van der Waals surface area (Å²) in [6, 6.07) is 0. The maximum absolute atomic E-state index is 11.2. The van der Waals surface area contributed by atoms with Gasteiger partial charge in [0.2, 0.25) is 0 Å².